The molecule has 2 aromatic carbocycles. The largest absolute Gasteiger partial charge is 0.317 e. The molecule has 0 saturated heterocycles. The Balaban J connectivity index is 2.07. The van der Waals surface area contributed by atoms with E-state index in [4.69, 9.17) is 0 Å². The maximum absolute atomic E-state index is 2.32. The number of aryl methyl sites for hydroxylation is 3. The van der Waals surface area contributed by atoms with E-state index < -0.39 is 0 Å². The van der Waals surface area contributed by atoms with Crippen molar-refractivity contribution < 1.29 is 0 Å². The van der Waals surface area contributed by atoms with Gasteiger partial charge >= 0.3 is 0 Å². The zero-order valence-electron chi connectivity index (χ0n) is 12.6. The molecule has 0 spiro atoms. The van der Waals surface area contributed by atoms with Gasteiger partial charge < -0.3 is 4.57 Å². The van der Waals surface area contributed by atoms with Crippen molar-refractivity contribution in [3.8, 4) is 5.69 Å². The van der Waals surface area contributed by atoms with Crippen LogP contribution in [0, 0.1) is 20.8 Å². The summed E-state index contributed by atoms with van der Waals surface area (Å²) in [7, 11) is 0. The fraction of sp³-hybridized carbons (Fsp3) is 0.158. The molecule has 0 fully saturated rings. The monoisotopic (exact) mass is 293 g/mol. The fourth-order valence-electron chi connectivity index (χ4n) is 2.57. The first kappa shape index (κ1) is 14.0. The first-order chi connectivity index (χ1) is 10.2. The van der Waals surface area contributed by atoms with Gasteiger partial charge in [0.2, 0.25) is 0 Å². The fourth-order valence-corrected chi connectivity index (χ4v) is 3.59. The molecule has 0 N–H and O–H groups in total. The van der Waals surface area contributed by atoms with Crippen LogP contribution in [0.5, 0.6) is 0 Å². The molecule has 3 rings (SSSR count). The standard InChI is InChI=1S/C19H19NS/c1-14-8-4-6-10-18(14)21-19-11-7-5-9-17(19)20-15(2)12-13-16(20)3/h4-13H,1-3H3. The van der Waals surface area contributed by atoms with Crippen LogP contribution in [0.4, 0.5) is 0 Å². The van der Waals surface area contributed by atoms with Crippen LogP contribution in [-0.4, -0.2) is 4.57 Å². The Morgan fingerprint density at radius 1 is 0.667 bits per heavy atom. The Labute approximate surface area is 130 Å². The van der Waals surface area contributed by atoms with E-state index >= 15 is 0 Å². The molecule has 3 aromatic rings. The Hall–Kier alpha value is -1.93. The van der Waals surface area contributed by atoms with E-state index in [2.05, 4.69) is 86.0 Å². The second-order valence-electron chi connectivity index (χ2n) is 5.29. The van der Waals surface area contributed by atoms with Gasteiger partial charge in [-0.15, -0.1) is 0 Å². The summed E-state index contributed by atoms with van der Waals surface area (Å²) < 4.78 is 2.32. The molecule has 1 aromatic heterocycles. The van der Waals surface area contributed by atoms with E-state index in [1.807, 2.05) is 11.8 Å². The van der Waals surface area contributed by atoms with Gasteiger partial charge in [0.15, 0.2) is 0 Å². The molecule has 0 bridgehead atoms. The van der Waals surface area contributed by atoms with Crippen molar-refractivity contribution in [2.24, 2.45) is 0 Å². The highest BCUT2D eigenvalue weighted by Crippen LogP contribution is 2.35. The summed E-state index contributed by atoms with van der Waals surface area (Å²) in [6.07, 6.45) is 0. The van der Waals surface area contributed by atoms with Crippen molar-refractivity contribution in [3.63, 3.8) is 0 Å². The number of rotatable bonds is 3. The molecule has 0 atom stereocenters. The Kier molecular flexibility index (Phi) is 3.89. The van der Waals surface area contributed by atoms with Crippen LogP contribution in [-0.2, 0) is 0 Å². The molecule has 21 heavy (non-hydrogen) atoms. The van der Waals surface area contributed by atoms with Gasteiger partial charge in [0.05, 0.1) is 5.69 Å². The quantitative estimate of drug-likeness (QED) is 0.612. The van der Waals surface area contributed by atoms with Crippen molar-refractivity contribution >= 4 is 11.8 Å². The van der Waals surface area contributed by atoms with Gasteiger partial charge in [-0.2, -0.15) is 0 Å². The van der Waals surface area contributed by atoms with Crippen LogP contribution in [0.1, 0.15) is 17.0 Å². The lowest BCUT2D eigenvalue weighted by molar-refractivity contribution is 0.942. The van der Waals surface area contributed by atoms with Gasteiger partial charge in [-0.3, -0.25) is 0 Å². The molecule has 0 unspecified atom stereocenters. The van der Waals surface area contributed by atoms with Gasteiger partial charge in [0.1, 0.15) is 0 Å². The predicted octanol–water partition coefficient (Wildman–Crippen LogP) is 5.55. The molecule has 1 heterocycles. The third kappa shape index (κ3) is 2.77. The van der Waals surface area contributed by atoms with E-state index in [1.54, 1.807) is 0 Å². The Morgan fingerprint density at radius 3 is 1.90 bits per heavy atom. The molecular weight excluding hydrogens is 274 g/mol. The molecule has 0 aliphatic heterocycles. The normalized spacial score (nSPS) is 10.8. The van der Waals surface area contributed by atoms with Gasteiger partial charge in [0.25, 0.3) is 0 Å². The number of benzene rings is 2. The maximum Gasteiger partial charge on any atom is 0.0594 e. The van der Waals surface area contributed by atoms with Crippen LogP contribution in [0.3, 0.4) is 0 Å². The summed E-state index contributed by atoms with van der Waals surface area (Å²) in [6.45, 7) is 6.47. The van der Waals surface area contributed by atoms with Gasteiger partial charge in [-0.1, -0.05) is 42.1 Å². The van der Waals surface area contributed by atoms with Crippen molar-refractivity contribution in [2.75, 3.05) is 0 Å². The minimum atomic E-state index is 1.26. The molecule has 1 nitrogen and oxygen atoms in total. The topological polar surface area (TPSA) is 4.93 Å². The second-order valence-corrected chi connectivity index (χ2v) is 6.37. The molecule has 0 radical (unpaired) electrons. The molecule has 0 aliphatic carbocycles. The lowest BCUT2D eigenvalue weighted by atomic mass is 10.2. The molecule has 0 saturated carbocycles. The molecule has 106 valence electrons. The first-order valence-electron chi connectivity index (χ1n) is 7.14. The lowest BCUT2D eigenvalue weighted by Gasteiger charge is -2.15. The lowest BCUT2D eigenvalue weighted by Crippen LogP contribution is -2.00. The van der Waals surface area contributed by atoms with E-state index in [9.17, 15) is 0 Å². The van der Waals surface area contributed by atoms with Crippen molar-refractivity contribution in [1.82, 2.24) is 4.57 Å². The van der Waals surface area contributed by atoms with E-state index in [0.29, 0.717) is 0 Å². The van der Waals surface area contributed by atoms with Crippen molar-refractivity contribution in [3.05, 3.63) is 77.6 Å². The summed E-state index contributed by atoms with van der Waals surface area (Å²) in [5, 5.41) is 0. The predicted molar refractivity (Wildman–Crippen MR) is 90.5 cm³/mol. The Bertz CT molecular complexity index is 751. The van der Waals surface area contributed by atoms with Crippen molar-refractivity contribution in [2.45, 2.75) is 30.6 Å². The third-order valence-electron chi connectivity index (χ3n) is 3.69. The van der Waals surface area contributed by atoms with Crippen LogP contribution >= 0.6 is 11.8 Å². The van der Waals surface area contributed by atoms with Crippen molar-refractivity contribution in [1.29, 1.82) is 0 Å². The highest BCUT2D eigenvalue weighted by Gasteiger charge is 2.10. The van der Waals surface area contributed by atoms with E-state index in [0.717, 1.165) is 0 Å². The van der Waals surface area contributed by atoms with E-state index in [1.165, 1.54) is 32.4 Å². The SMILES string of the molecule is Cc1ccccc1Sc1ccccc1-n1c(C)ccc1C. The number of aromatic nitrogens is 1. The van der Waals surface area contributed by atoms with Gasteiger partial charge in [0, 0.05) is 21.2 Å². The molecule has 0 amide bonds. The zero-order valence-corrected chi connectivity index (χ0v) is 13.4. The summed E-state index contributed by atoms with van der Waals surface area (Å²) in [5.41, 5.74) is 5.11. The summed E-state index contributed by atoms with van der Waals surface area (Å²) in [5.74, 6) is 0. The zero-order chi connectivity index (χ0) is 14.8. The minimum Gasteiger partial charge on any atom is -0.317 e. The molecule has 0 aliphatic rings. The highest BCUT2D eigenvalue weighted by molar-refractivity contribution is 7.99. The highest BCUT2D eigenvalue weighted by atomic mass is 32.2. The number of hydrogen-bond acceptors (Lipinski definition) is 1. The third-order valence-corrected chi connectivity index (χ3v) is 4.93. The number of para-hydroxylation sites is 1. The summed E-state index contributed by atoms with van der Waals surface area (Å²) in [4.78, 5) is 2.60. The number of hydrogen-bond donors (Lipinski definition) is 0. The van der Waals surface area contributed by atoms with E-state index in [-0.39, 0.29) is 0 Å². The van der Waals surface area contributed by atoms with Crippen LogP contribution in [0.25, 0.3) is 5.69 Å². The molecular formula is C19H19NS. The van der Waals surface area contributed by atoms with Crippen LogP contribution in [0.15, 0.2) is 70.5 Å². The summed E-state index contributed by atoms with van der Waals surface area (Å²) >= 11 is 1.84. The minimum absolute atomic E-state index is 1.26. The van der Waals surface area contributed by atoms with Crippen LogP contribution < -0.4 is 0 Å². The second kappa shape index (κ2) is 5.82. The number of nitrogens with zero attached hydrogens (tertiary/aromatic N) is 1. The Morgan fingerprint density at radius 2 is 1.24 bits per heavy atom. The van der Waals surface area contributed by atoms with Crippen LogP contribution in [0.2, 0.25) is 0 Å². The average molecular weight is 293 g/mol. The van der Waals surface area contributed by atoms with Gasteiger partial charge in [-0.05, 0) is 56.7 Å². The maximum atomic E-state index is 2.32. The smallest absolute Gasteiger partial charge is 0.0594 e. The average Bonchev–Trinajstić information content (AvgIpc) is 2.81. The summed E-state index contributed by atoms with van der Waals surface area (Å²) in [6, 6.07) is 21.5. The first-order valence-corrected chi connectivity index (χ1v) is 7.96. The van der Waals surface area contributed by atoms with Gasteiger partial charge in [-0.25, -0.2) is 0 Å². The molecule has 2 heteroatoms.